The average Bonchev–Trinajstić information content (AvgIpc) is 2.84. The van der Waals surface area contributed by atoms with E-state index >= 15 is 0 Å². The van der Waals surface area contributed by atoms with Gasteiger partial charge in [-0.15, -0.1) is 0 Å². The van der Waals surface area contributed by atoms with Crippen LogP contribution in [0.5, 0.6) is 5.75 Å². The van der Waals surface area contributed by atoms with Crippen molar-refractivity contribution in [2.24, 2.45) is 0 Å². The summed E-state index contributed by atoms with van der Waals surface area (Å²) in [6.45, 7) is 0. The molecule has 0 radical (unpaired) electrons. The first kappa shape index (κ1) is 11.0. The molecular weight excluding hydrogens is 224 g/mol. The van der Waals surface area contributed by atoms with E-state index < -0.39 is 0 Å². The molecule has 0 saturated carbocycles. The molecule has 0 spiro atoms. The number of fused-ring (bicyclic) bond motifs is 1. The maximum absolute atomic E-state index is 11.7. The molecule has 0 atom stereocenters. The molecule has 2 nitrogen and oxygen atoms in total. The van der Waals surface area contributed by atoms with Crippen LogP contribution in [0.2, 0.25) is 0 Å². The Bertz CT molecular complexity index is 653. The summed E-state index contributed by atoms with van der Waals surface area (Å²) < 4.78 is 5.20. The number of carbonyl (C=O) groups excluding carboxylic acids is 1. The fraction of sp³-hybridized carbons (Fsp3) is 0.188. The molecule has 0 bridgehead atoms. The summed E-state index contributed by atoms with van der Waals surface area (Å²) in [4.78, 5) is 11.7. The van der Waals surface area contributed by atoms with Crippen LogP contribution in [0.25, 0.3) is 16.3 Å². The van der Waals surface area contributed by atoms with E-state index in [1.54, 1.807) is 7.11 Å². The van der Waals surface area contributed by atoms with Crippen LogP contribution in [0.1, 0.15) is 18.4 Å². The highest BCUT2D eigenvalue weighted by molar-refractivity contribution is 6.23. The molecular formula is C16H14O2. The van der Waals surface area contributed by atoms with Crippen molar-refractivity contribution < 1.29 is 9.53 Å². The molecule has 0 aromatic heterocycles. The second kappa shape index (κ2) is 4.30. The molecule has 1 aliphatic carbocycles. The standard InChI is InChI=1S/C16H14O2/c1-18-14-8-7-11-9-13(6-5-12(11)10-14)15-3-2-4-16(15)17/h3,5-10H,2,4H2,1H3. The smallest absolute Gasteiger partial charge is 0.163 e. The predicted octanol–water partition coefficient (Wildman–Crippen LogP) is 3.59. The highest BCUT2D eigenvalue weighted by atomic mass is 16.5. The monoisotopic (exact) mass is 238 g/mol. The number of carbonyl (C=O) groups is 1. The fourth-order valence-electron chi connectivity index (χ4n) is 2.39. The molecule has 0 fully saturated rings. The second-order valence-corrected chi connectivity index (χ2v) is 4.51. The number of allylic oxidation sites excluding steroid dienone is 2. The Morgan fingerprint density at radius 2 is 1.83 bits per heavy atom. The quantitative estimate of drug-likeness (QED) is 0.799. The molecule has 90 valence electrons. The Kier molecular flexibility index (Phi) is 2.63. The van der Waals surface area contributed by atoms with Gasteiger partial charge < -0.3 is 4.74 Å². The highest BCUT2D eigenvalue weighted by Gasteiger charge is 2.16. The third-order valence-electron chi connectivity index (χ3n) is 3.38. The van der Waals surface area contributed by atoms with Gasteiger partial charge in [0.15, 0.2) is 5.78 Å². The molecule has 3 rings (SSSR count). The molecule has 18 heavy (non-hydrogen) atoms. The fourth-order valence-corrected chi connectivity index (χ4v) is 2.39. The third kappa shape index (κ3) is 1.80. The van der Waals surface area contributed by atoms with Gasteiger partial charge in [-0.05, 0) is 41.0 Å². The van der Waals surface area contributed by atoms with Gasteiger partial charge in [0.05, 0.1) is 7.11 Å². The first-order valence-corrected chi connectivity index (χ1v) is 6.09. The largest absolute Gasteiger partial charge is 0.497 e. The van der Waals surface area contributed by atoms with Crippen LogP contribution in [0, 0.1) is 0 Å². The minimum Gasteiger partial charge on any atom is -0.497 e. The van der Waals surface area contributed by atoms with Crippen LogP contribution >= 0.6 is 0 Å². The van der Waals surface area contributed by atoms with E-state index in [0.717, 1.165) is 34.1 Å². The molecule has 2 aromatic carbocycles. The first-order chi connectivity index (χ1) is 8.78. The van der Waals surface area contributed by atoms with Crippen molar-refractivity contribution in [2.75, 3.05) is 7.11 Å². The van der Waals surface area contributed by atoms with Gasteiger partial charge in [-0.1, -0.05) is 24.3 Å². The number of ether oxygens (including phenoxy) is 1. The zero-order valence-electron chi connectivity index (χ0n) is 10.3. The van der Waals surface area contributed by atoms with Crippen LogP contribution in [0.4, 0.5) is 0 Å². The van der Waals surface area contributed by atoms with Gasteiger partial charge in [-0.2, -0.15) is 0 Å². The number of hydrogen-bond acceptors (Lipinski definition) is 2. The van der Waals surface area contributed by atoms with Crippen molar-refractivity contribution in [3.63, 3.8) is 0 Å². The Hall–Kier alpha value is -2.09. The normalized spacial score (nSPS) is 14.9. The Labute approximate surface area is 106 Å². The van der Waals surface area contributed by atoms with Crippen molar-refractivity contribution in [1.82, 2.24) is 0 Å². The van der Waals surface area contributed by atoms with E-state index in [0.29, 0.717) is 6.42 Å². The summed E-state index contributed by atoms with van der Waals surface area (Å²) in [5.74, 6) is 1.11. The van der Waals surface area contributed by atoms with Crippen LogP contribution in [0.3, 0.4) is 0 Å². The topological polar surface area (TPSA) is 26.3 Å². The highest BCUT2D eigenvalue weighted by Crippen LogP contribution is 2.28. The summed E-state index contributed by atoms with van der Waals surface area (Å²) in [5, 5.41) is 2.26. The van der Waals surface area contributed by atoms with Gasteiger partial charge in [-0.3, -0.25) is 4.79 Å². The molecule has 2 aromatic rings. The molecule has 0 saturated heterocycles. The van der Waals surface area contributed by atoms with Gasteiger partial charge in [-0.25, -0.2) is 0 Å². The lowest BCUT2D eigenvalue weighted by Gasteiger charge is -2.06. The molecule has 2 heteroatoms. The van der Waals surface area contributed by atoms with Crippen LogP contribution in [0.15, 0.2) is 42.5 Å². The lowest BCUT2D eigenvalue weighted by atomic mass is 10.0. The maximum atomic E-state index is 11.7. The average molecular weight is 238 g/mol. The maximum Gasteiger partial charge on any atom is 0.163 e. The molecule has 0 heterocycles. The van der Waals surface area contributed by atoms with Gasteiger partial charge in [0, 0.05) is 12.0 Å². The third-order valence-corrected chi connectivity index (χ3v) is 3.38. The number of Topliss-reactive ketones (excluding diaryl/α,β-unsaturated/α-hetero) is 1. The second-order valence-electron chi connectivity index (χ2n) is 4.51. The Balaban J connectivity index is 2.09. The van der Waals surface area contributed by atoms with Crippen molar-refractivity contribution in [1.29, 1.82) is 0 Å². The summed E-state index contributed by atoms with van der Waals surface area (Å²) in [6.07, 6.45) is 3.55. The summed E-state index contributed by atoms with van der Waals surface area (Å²) in [7, 11) is 1.66. The molecule has 0 amide bonds. The van der Waals surface area contributed by atoms with E-state index in [2.05, 4.69) is 6.07 Å². The molecule has 0 N–H and O–H groups in total. The van der Waals surface area contributed by atoms with Gasteiger partial charge in [0.2, 0.25) is 0 Å². The first-order valence-electron chi connectivity index (χ1n) is 6.09. The van der Waals surface area contributed by atoms with E-state index in [9.17, 15) is 4.79 Å². The van der Waals surface area contributed by atoms with E-state index in [-0.39, 0.29) is 5.78 Å². The van der Waals surface area contributed by atoms with Crippen molar-refractivity contribution in [3.05, 3.63) is 48.0 Å². The zero-order valence-corrected chi connectivity index (χ0v) is 10.3. The van der Waals surface area contributed by atoms with Gasteiger partial charge >= 0.3 is 0 Å². The summed E-state index contributed by atoms with van der Waals surface area (Å²) >= 11 is 0. The van der Waals surface area contributed by atoms with E-state index in [1.807, 2.05) is 36.4 Å². The number of methoxy groups -OCH3 is 1. The minimum absolute atomic E-state index is 0.253. The molecule has 0 unspecified atom stereocenters. The van der Waals surface area contributed by atoms with E-state index in [1.165, 1.54) is 0 Å². The van der Waals surface area contributed by atoms with E-state index in [4.69, 9.17) is 4.74 Å². The van der Waals surface area contributed by atoms with Gasteiger partial charge in [0.25, 0.3) is 0 Å². The van der Waals surface area contributed by atoms with Crippen LogP contribution in [-0.2, 0) is 4.79 Å². The van der Waals surface area contributed by atoms with Crippen molar-refractivity contribution in [3.8, 4) is 5.75 Å². The summed E-state index contributed by atoms with van der Waals surface area (Å²) in [6, 6.07) is 12.1. The number of rotatable bonds is 2. The molecule has 1 aliphatic rings. The van der Waals surface area contributed by atoms with Crippen LogP contribution < -0.4 is 4.74 Å². The molecule has 0 aliphatic heterocycles. The van der Waals surface area contributed by atoms with Gasteiger partial charge in [0.1, 0.15) is 5.75 Å². The minimum atomic E-state index is 0.253. The zero-order chi connectivity index (χ0) is 12.5. The predicted molar refractivity (Wildman–Crippen MR) is 72.7 cm³/mol. The van der Waals surface area contributed by atoms with Crippen molar-refractivity contribution >= 4 is 22.1 Å². The number of ketones is 1. The SMILES string of the molecule is COc1ccc2cc(C3=CCCC3=O)ccc2c1. The Morgan fingerprint density at radius 3 is 2.56 bits per heavy atom. The Morgan fingerprint density at radius 1 is 1.06 bits per heavy atom. The lowest BCUT2D eigenvalue weighted by molar-refractivity contribution is -0.113. The van der Waals surface area contributed by atoms with Crippen molar-refractivity contribution in [2.45, 2.75) is 12.8 Å². The van der Waals surface area contributed by atoms with Crippen LogP contribution in [-0.4, -0.2) is 12.9 Å². The lowest BCUT2D eigenvalue weighted by Crippen LogP contribution is -1.94. The number of hydrogen-bond donors (Lipinski definition) is 0. The number of benzene rings is 2. The summed E-state index contributed by atoms with van der Waals surface area (Å²) in [5.41, 5.74) is 1.89.